The van der Waals surface area contributed by atoms with Crippen molar-refractivity contribution in [3.63, 3.8) is 0 Å². The number of carbonyl (C=O) groups is 3. The Morgan fingerprint density at radius 1 is 1.03 bits per heavy atom. The van der Waals surface area contributed by atoms with Gasteiger partial charge < -0.3 is 19.5 Å². The lowest BCUT2D eigenvalue weighted by Crippen LogP contribution is -2.31. The third-order valence-corrected chi connectivity index (χ3v) is 3.86. The Hall–Kier alpha value is -3.56. The molecule has 1 N–H and O–H groups in total. The number of ether oxygens (including phenoxy) is 3. The molecule has 154 valence electrons. The number of rotatable bonds is 7. The number of amides is 1. The maximum Gasteiger partial charge on any atom is 0.343 e. The van der Waals surface area contributed by atoms with E-state index < -0.39 is 41.1 Å². The Labute approximate surface area is 163 Å². The number of anilines is 1. The number of esters is 1. The van der Waals surface area contributed by atoms with E-state index in [9.17, 15) is 27.6 Å². The number of carbonyl (C=O) groups excluding carboxylic acids is 3. The zero-order valence-electron chi connectivity index (χ0n) is 15.5. The molecule has 0 heterocycles. The third kappa shape index (κ3) is 4.48. The zero-order chi connectivity index (χ0) is 21.7. The van der Waals surface area contributed by atoms with Crippen molar-refractivity contribution in [2.45, 2.75) is 13.0 Å². The Morgan fingerprint density at radius 2 is 1.72 bits per heavy atom. The molecule has 0 aliphatic rings. The molecule has 0 saturated heterocycles. The molecule has 0 aromatic heterocycles. The summed E-state index contributed by atoms with van der Waals surface area (Å²) in [4.78, 5) is 36.0. The lowest BCUT2D eigenvalue weighted by Gasteiger charge is -2.17. The summed E-state index contributed by atoms with van der Waals surface area (Å²) in [5.41, 5.74) is -0.989. The van der Waals surface area contributed by atoms with Crippen molar-refractivity contribution in [2.75, 3.05) is 19.5 Å². The van der Waals surface area contributed by atoms with Crippen molar-refractivity contribution in [1.82, 2.24) is 0 Å². The first kappa shape index (κ1) is 21.7. The molecule has 1 atom stereocenters. The quantitative estimate of drug-likeness (QED) is 0.428. The van der Waals surface area contributed by atoms with Crippen LogP contribution in [0.4, 0.5) is 18.9 Å². The molecule has 2 rings (SSSR count). The van der Waals surface area contributed by atoms with Gasteiger partial charge in [-0.05, 0) is 31.2 Å². The number of halogens is 3. The number of aldehydes is 1. The number of hydrogen-bond donors (Lipinski definition) is 1. The minimum Gasteiger partial charge on any atom is -0.493 e. The third-order valence-electron chi connectivity index (χ3n) is 3.86. The molecule has 0 radical (unpaired) electrons. The van der Waals surface area contributed by atoms with Crippen LogP contribution >= 0.6 is 0 Å². The van der Waals surface area contributed by atoms with E-state index in [4.69, 9.17) is 14.2 Å². The molecule has 2 aromatic rings. The van der Waals surface area contributed by atoms with Crippen LogP contribution in [-0.4, -0.2) is 38.5 Å². The number of benzene rings is 2. The standard InChI is InChI=1S/C19H16F3NO6/c1-9(18(25)23-12-6-5-11(20)15(21)16(12)22)29-19(26)14-10(8-24)4-7-13(27-2)17(14)28-3/h4-9H,1-3H3,(H,23,25)/t9-/m0/s1. The molecule has 7 nitrogen and oxygen atoms in total. The molecule has 0 saturated carbocycles. The smallest absolute Gasteiger partial charge is 0.343 e. The van der Waals surface area contributed by atoms with Gasteiger partial charge in [-0.15, -0.1) is 0 Å². The van der Waals surface area contributed by atoms with Crippen molar-refractivity contribution in [3.8, 4) is 11.5 Å². The predicted octanol–water partition coefficient (Wildman–Crippen LogP) is 3.12. The van der Waals surface area contributed by atoms with E-state index in [0.717, 1.165) is 13.0 Å². The van der Waals surface area contributed by atoms with Gasteiger partial charge in [-0.1, -0.05) is 0 Å². The first-order valence-electron chi connectivity index (χ1n) is 8.10. The van der Waals surface area contributed by atoms with Crippen LogP contribution in [0.25, 0.3) is 0 Å². The largest absolute Gasteiger partial charge is 0.493 e. The topological polar surface area (TPSA) is 90.9 Å². The molecule has 0 spiro atoms. The highest BCUT2D eigenvalue weighted by molar-refractivity contribution is 6.03. The molecule has 0 aliphatic heterocycles. The van der Waals surface area contributed by atoms with Crippen molar-refractivity contribution < 1.29 is 41.8 Å². The van der Waals surface area contributed by atoms with Gasteiger partial charge in [0.1, 0.15) is 5.56 Å². The first-order chi connectivity index (χ1) is 13.7. The van der Waals surface area contributed by atoms with Gasteiger partial charge in [0.15, 0.2) is 41.3 Å². The second-order valence-corrected chi connectivity index (χ2v) is 5.64. The summed E-state index contributed by atoms with van der Waals surface area (Å²) >= 11 is 0. The molecule has 0 aliphatic carbocycles. The minimum absolute atomic E-state index is 0.0769. The summed E-state index contributed by atoms with van der Waals surface area (Å²) in [5, 5.41) is 1.99. The normalized spacial score (nSPS) is 11.4. The van der Waals surface area contributed by atoms with Gasteiger partial charge in [0.25, 0.3) is 5.91 Å². The van der Waals surface area contributed by atoms with Crippen LogP contribution in [0.1, 0.15) is 27.6 Å². The van der Waals surface area contributed by atoms with Gasteiger partial charge in [-0.25, -0.2) is 18.0 Å². The van der Waals surface area contributed by atoms with Crippen LogP contribution in [0, 0.1) is 17.5 Å². The highest BCUT2D eigenvalue weighted by atomic mass is 19.2. The van der Waals surface area contributed by atoms with E-state index in [-0.39, 0.29) is 22.6 Å². The second-order valence-electron chi connectivity index (χ2n) is 5.64. The number of methoxy groups -OCH3 is 2. The van der Waals surface area contributed by atoms with E-state index in [1.165, 1.54) is 26.4 Å². The van der Waals surface area contributed by atoms with E-state index in [1.807, 2.05) is 5.32 Å². The van der Waals surface area contributed by atoms with Gasteiger partial charge in [0, 0.05) is 5.56 Å². The summed E-state index contributed by atoms with van der Waals surface area (Å²) < 4.78 is 55.1. The maximum absolute atomic E-state index is 13.7. The van der Waals surface area contributed by atoms with Crippen LogP contribution in [0.15, 0.2) is 24.3 Å². The van der Waals surface area contributed by atoms with Crippen molar-refractivity contribution in [1.29, 1.82) is 0 Å². The molecule has 10 heteroatoms. The van der Waals surface area contributed by atoms with Crippen LogP contribution in [-0.2, 0) is 9.53 Å². The molecule has 2 aromatic carbocycles. The monoisotopic (exact) mass is 411 g/mol. The number of hydrogen-bond acceptors (Lipinski definition) is 6. The van der Waals surface area contributed by atoms with E-state index in [1.54, 1.807) is 0 Å². The van der Waals surface area contributed by atoms with Crippen LogP contribution in [0.2, 0.25) is 0 Å². The van der Waals surface area contributed by atoms with E-state index >= 15 is 0 Å². The summed E-state index contributed by atoms with van der Waals surface area (Å²) in [6.07, 6.45) is -1.09. The molecule has 0 bridgehead atoms. The van der Waals surface area contributed by atoms with Crippen LogP contribution in [0.3, 0.4) is 0 Å². The average Bonchev–Trinajstić information content (AvgIpc) is 2.72. The second kappa shape index (κ2) is 9.09. The Balaban J connectivity index is 2.24. The fraction of sp³-hybridized carbons (Fsp3) is 0.211. The van der Waals surface area contributed by atoms with Gasteiger partial charge >= 0.3 is 5.97 Å². The Morgan fingerprint density at radius 3 is 2.31 bits per heavy atom. The molecule has 29 heavy (non-hydrogen) atoms. The Bertz CT molecular complexity index is 963. The summed E-state index contributed by atoms with van der Waals surface area (Å²) in [5.74, 6) is -6.83. The average molecular weight is 411 g/mol. The lowest BCUT2D eigenvalue weighted by molar-refractivity contribution is -0.123. The fourth-order valence-corrected chi connectivity index (χ4v) is 2.38. The zero-order valence-corrected chi connectivity index (χ0v) is 15.5. The highest BCUT2D eigenvalue weighted by Crippen LogP contribution is 2.33. The van der Waals surface area contributed by atoms with Gasteiger partial charge in [0.05, 0.1) is 19.9 Å². The molecule has 1 amide bonds. The SMILES string of the molecule is COc1ccc(C=O)c(C(=O)O[C@@H](C)C(=O)Nc2ccc(F)c(F)c2F)c1OC. The summed E-state index contributed by atoms with van der Waals surface area (Å²) in [7, 11) is 2.56. The van der Waals surface area contributed by atoms with Crippen molar-refractivity contribution in [3.05, 3.63) is 52.8 Å². The van der Waals surface area contributed by atoms with Crippen molar-refractivity contribution >= 4 is 23.9 Å². The fourth-order valence-electron chi connectivity index (χ4n) is 2.38. The first-order valence-corrected chi connectivity index (χ1v) is 8.10. The predicted molar refractivity (Wildman–Crippen MR) is 94.8 cm³/mol. The summed E-state index contributed by atoms with van der Waals surface area (Å²) in [6, 6.07) is 4.14. The Kier molecular flexibility index (Phi) is 6.81. The van der Waals surface area contributed by atoms with Gasteiger partial charge in [-0.2, -0.15) is 0 Å². The molecule has 0 unspecified atom stereocenters. The van der Waals surface area contributed by atoms with E-state index in [0.29, 0.717) is 12.4 Å². The van der Waals surface area contributed by atoms with Gasteiger partial charge in [0.2, 0.25) is 0 Å². The molecule has 0 fully saturated rings. The van der Waals surface area contributed by atoms with Crippen LogP contribution < -0.4 is 14.8 Å². The van der Waals surface area contributed by atoms with Gasteiger partial charge in [-0.3, -0.25) is 9.59 Å². The minimum atomic E-state index is -1.76. The number of nitrogens with one attached hydrogen (secondary N) is 1. The lowest BCUT2D eigenvalue weighted by atomic mass is 10.1. The van der Waals surface area contributed by atoms with Crippen molar-refractivity contribution in [2.24, 2.45) is 0 Å². The van der Waals surface area contributed by atoms with E-state index in [2.05, 4.69) is 0 Å². The van der Waals surface area contributed by atoms with Crippen LogP contribution in [0.5, 0.6) is 11.5 Å². The summed E-state index contributed by atoms with van der Waals surface area (Å²) in [6.45, 7) is 1.16. The maximum atomic E-state index is 13.7. The highest BCUT2D eigenvalue weighted by Gasteiger charge is 2.27. The molecular formula is C19H16F3NO6. The molecular weight excluding hydrogens is 395 g/mol.